The fourth-order valence-corrected chi connectivity index (χ4v) is 6.82. The summed E-state index contributed by atoms with van der Waals surface area (Å²) in [6.07, 6.45) is 1.92. The molecule has 6 aromatic rings. The van der Waals surface area contributed by atoms with E-state index < -0.39 is 0 Å². The van der Waals surface area contributed by atoms with Crippen molar-refractivity contribution in [2.45, 2.75) is 5.41 Å². The second-order valence-corrected chi connectivity index (χ2v) is 9.88. The Balaban J connectivity index is 1.54. The second kappa shape index (κ2) is 7.62. The molecule has 0 bridgehead atoms. The molecule has 5 aromatic carbocycles. The van der Waals surface area contributed by atoms with E-state index in [1.54, 1.807) is 0 Å². The highest BCUT2D eigenvalue weighted by atomic mass is 14.7. The molecule has 172 valence electrons. The number of pyridine rings is 1. The molecule has 0 amide bonds. The van der Waals surface area contributed by atoms with Crippen LogP contribution in [-0.4, -0.2) is 4.98 Å². The Morgan fingerprint density at radius 3 is 1.51 bits per heavy atom. The molecule has 8 rings (SSSR count). The van der Waals surface area contributed by atoms with Crippen molar-refractivity contribution in [3.8, 4) is 44.6 Å². The van der Waals surface area contributed by atoms with Gasteiger partial charge in [0, 0.05) is 17.3 Å². The van der Waals surface area contributed by atoms with Crippen LogP contribution in [0.3, 0.4) is 0 Å². The van der Waals surface area contributed by atoms with Crippen molar-refractivity contribution >= 4 is 0 Å². The zero-order valence-electron chi connectivity index (χ0n) is 20.2. The highest BCUT2D eigenvalue weighted by molar-refractivity contribution is 5.99. The molecular weight excluding hydrogens is 446 g/mol. The second-order valence-electron chi connectivity index (χ2n) is 9.88. The number of benzene rings is 5. The molecule has 0 aliphatic heterocycles. The Morgan fingerprint density at radius 2 is 0.865 bits per heavy atom. The van der Waals surface area contributed by atoms with E-state index in [0.29, 0.717) is 0 Å². The minimum Gasteiger partial charge on any atom is -0.256 e. The Kier molecular flexibility index (Phi) is 4.21. The molecule has 37 heavy (non-hydrogen) atoms. The molecule has 0 N–H and O–H groups in total. The number of rotatable bonds is 2. The standard InChI is InChI=1S/C36H23N/c1-2-12-24(13-3-1)25-19-11-23-37-35(25)30-18-10-17-29-28-16-6-9-22-33(28)36(34(29)30)31-20-7-4-14-26(31)27-15-5-8-21-32(27)36/h1-23H. The minimum atomic E-state index is -0.388. The Labute approximate surface area is 216 Å². The van der Waals surface area contributed by atoms with Gasteiger partial charge in [-0.2, -0.15) is 0 Å². The number of nitrogens with zero attached hydrogens (tertiary/aromatic N) is 1. The first kappa shape index (κ1) is 20.4. The molecule has 0 saturated heterocycles. The van der Waals surface area contributed by atoms with Crippen molar-refractivity contribution < 1.29 is 0 Å². The molecule has 1 heterocycles. The molecule has 2 aliphatic rings. The Hall–Kier alpha value is -4.75. The summed E-state index contributed by atoms with van der Waals surface area (Å²) < 4.78 is 0. The third kappa shape index (κ3) is 2.61. The summed E-state index contributed by atoms with van der Waals surface area (Å²) in [4.78, 5) is 5.03. The first-order valence-electron chi connectivity index (χ1n) is 12.8. The molecule has 0 unspecified atom stereocenters. The zero-order chi connectivity index (χ0) is 24.4. The van der Waals surface area contributed by atoms with Gasteiger partial charge in [-0.25, -0.2) is 0 Å². The molecule has 1 aromatic heterocycles. The average Bonchev–Trinajstić information content (AvgIpc) is 3.45. The van der Waals surface area contributed by atoms with Crippen LogP contribution in [0.4, 0.5) is 0 Å². The predicted octanol–water partition coefficient (Wildman–Crippen LogP) is 8.76. The van der Waals surface area contributed by atoms with Gasteiger partial charge in [-0.1, -0.05) is 127 Å². The maximum absolute atomic E-state index is 5.03. The average molecular weight is 470 g/mol. The van der Waals surface area contributed by atoms with E-state index in [2.05, 4.69) is 127 Å². The van der Waals surface area contributed by atoms with Gasteiger partial charge in [0.1, 0.15) is 0 Å². The van der Waals surface area contributed by atoms with E-state index in [4.69, 9.17) is 4.98 Å². The monoisotopic (exact) mass is 469 g/mol. The van der Waals surface area contributed by atoms with Gasteiger partial charge in [0.05, 0.1) is 11.1 Å². The maximum atomic E-state index is 5.03. The van der Waals surface area contributed by atoms with Crippen LogP contribution in [0.15, 0.2) is 140 Å². The van der Waals surface area contributed by atoms with Gasteiger partial charge in [0.25, 0.3) is 0 Å². The van der Waals surface area contributed by atoms with Gasteiger partial charge >= 0.3 is 0 Å². The summed E-state index contributed by atoms with van der Waals surface area (Å²) in [5, 5.41) is 0. The van der Waals surface area contributed by atoms with Crippen molar-refractivity contribution in [1.82, 2.24) is 4.98 Å². The number of hydrogen-bond acceptors (Lipinski definition) is 1. The van der Waals surface area contributed by atoms with Gasteiger partial charge < -0.3 is 0 Å². The van der Waals surface area contributed by atoms with E-state index in [0.717, 1.165) is 11.3 Å². The third-order valence-corrected chi connectivity index (χ3v) is 8.16. The van der Waals surface area contributed by atoms with Crippen molar-refractivity contribution in [2.24, 2.45) is 0 Å². The lowest BCUT2D eigenvalue weighted by atomic mass is 9.69. The van der Waals surface area contributed by atoms with E-state index >= 15 is 0 Å². The quantitative estimate of drug-likeness (QED) is 0.247. The van der Waals surface area contributed by atoms with Gasteiger partial charge in [0.15, 0.2) is 0 Å². The first-order valence-corrected chi connectivity index (χ1v) is 12.8. The van der Waals surface area contributed by atoms with E-state index in [-0.39, 0.29) is 5.41 Å². The number of fused-ring (bicyclic) bond motifs is 10. The third-order valence-electron chi connectivity index (χ3n) is 8.16. The molecule has 1 nitrogen and oxygen atoms in total. The van der Waals surface area contributed by atoms with E-state index in [1.807, 2.05) is 12.3 Å². The van der Waals surface area contributed by atoms with Gasteiger partial charge in [-0.15, -0.1) is 0 Å². The van der Waals surface area contributed by atoms with Crippen LogP contribution < -0.4 is 0 Å². The van der Waals surface area contributed by atoms with Crippen LogP contribution in [0.2, 0.25) is 0 Å². The van der Waals surface area contributed by atoms with Crippen LogP contribution >= 0.6 is 0 Å². The first-order chi connectivity index (χ1) is 18.4. The summed E-state index contributed by atoms with van der Waals surface area (Å²) in [6.45, 7) is 0. The van der Waals surface area contributed by atoms with E-state index in [1.165, 1.54) is 55.6 Å². The van der Waals surface area contributed by atoms with Crippen LogP contribution in [-0.2, 0) is 5.41 Å². The summed E-state index contributed by atoms with van der Waals surface area (Å²) in [7, 11) is 0. The molecule has 0 saturated carbocycles. The molecule has 1 heteroatoms. The van der Waals surface area contributed by atoms with Crippen LogP contribution in [0.5, 0.6) is 0 Å². The molecule has 0 fully saturated rings. The Bertz CT molecular complexity index is 1770. The van der Waals surface area contributed by atoms with Crippen LogP contribution in [0.1, 0.15) is 22.3 Å². The zero-order valence-corrected chi connectivity index (χ0v) is 20.2. The largest absolute Gasteiger partial charge is 0.256 e. The molecule has 0 atom stereocenters. The molecule has 0 radical (unpaired) electrons. The molecule has 1 spiro atoms. The number of hydrogen-bond donors (Lipinski definition) is 0. The fourth-order valence-electron chi connectivity index (χ4n) is 6.82. The van der Waals surface area contributed by atoms with Crippen molar-refractivity contribution in [3.63, 3.8) is 0 Å². The van der Waals surface area contributed by atoms with E-state index in [9.17, 15) is 0 Å². The maximum Gasteiger partial charge on any atom is 0.0783 e. The lowest BCUT2D eigenvalue weighted by molar-refractivity contribution is 0.795. The summed E-state index contributed by atoms with van der Waals surface area (Å²) >= 11 is 0. The predicted molar refractivity (Wildman–Crippen MR) is 151 cm³/mol. The number of aromatic nitrogens is 1. The van der Waals surface area contributed by atoms with Gasteiger partial charge in [0.2, 0.25) is 0 Å². The SMILES string of the molecule is c1ccc(-c2cccnc2-c2cccc3c2C2(c4ccccc4-c4ccccc42)c2ccccc2-3)cc1. The summed E-state index contributed by atoms with van der Waals surface area (Å²) in [5.74, 6) is 0. The minimum absolute atomic E-state index is 0.388. The molecule has 2 aliphatic carbocycles. The van der Waals surface area contributed by atoms with Gasteiger partial charge in [-0.05, 0) is 56.1 Å². The lowest BCUT2D eigenvalue weighted by Crippen LogP contribution is -2.26. The summed E-state index contributed by atoms with van der Waals surface area (Å²) in [5.41, 5.74) is 14.8. The fraction of sp³-hybridized carbons (Fsp3) is 0.0278. The lowest BCUT2D eigenvalue weighted by Gasteiger charge is -2.32. The topological polar surface area (TPSA) is 12.9 Å². The smallest absolute Gasteiger partial charge is 0.0783 e. The highest BCUT2D eigenvalue weighted by Gasteiger charge is 2.52. The van der Waals surface area contributed by atoms with Crippen LogP contribution in [0, 0.1) is 0 Å². The molecular formula is C36H23N. The summed E-state index contributed by atoms with van der Waals surface area (Å²) in [6, 6.07) is 48.5. The Morgan fingerprint density at radius 1 is 0.378 bits per heavy atom. The van der Waals surface area contributed by atoms with Crippen molar-refractivity contribution in [3.05, 3.63) is 162 Å². The van der Waals surface area contributed by atoms with Gasteiger partial charge in [-0.3, -0.25) is 4.98 Å². The normalized spacial score (nSPS) is 13.6. The van der Waals surface area contributed by atoms with Crippen molar-refractivity contribution in [2.75, 3.05) is 0 Å². The van der Waals surface area contributed by atoms with Crippen molar-refractivity contribution in [1.29, 1.82) is 0 Å². The van der Waals surface area contributed by atoms with Crippen LogP contribution in [0.25, 0.3) is 44.6 Å². The highest BCUT2D eigenvalue weighted by Crippen LogP contribution is 2.64.